The minimum Gasteiger partial charge on any atom is -0.308 e. The molecule has 0 atom stereocenters. The Morgan fingerprint density at radius 2 is 1.93 bits per heavy atom. The van der Waals surface area contributed by atoms with E-state index >= 15 is 0 Å². The maximum atomic E-state index is 12.3. The fraction of sp³-hybridized carbons (Fsp3) is 0.278. The van der Waals surface area contributed by atoms with Crippen molar-refractivity contribution < 1.29 is 9.72 Å². The Morgan fingerprint density at radius 3 is 2.59 bits per heavy atom. The standard InChI is InChI=1S/C18H20N6O3/c1-12-6-4-5-7-15(12)10-22-9-8-16(21-22)19-17(25)11-23-14(3)18(24(26)27)13(2)20-23/h4-9H,10-11H2,1-3H3,(H,19,21,25). The zero-order valence-electron chi connectivity index (χ0n) is 15.3. The van der Waals surface area contributed by atoms with Gasteiger partial charge in [-0.25, -0.2) is 0 Å². The lowest BCUT2D eigenvalue weighted by Crippen LogP contribution is -2.20. The van der Waals surface area contributed by atoms with Crippen molar-refractivity contribution in [3.8, 4) is 0 Å². The van der Waals surface area contributed by atoms with Gasteiger partial charge in [0.2, 0.25) is 5.91 Å². The van der Waals surface area contributed by atoms with Crippen LogP contribution in [0.25, 0.3) is 0 Å². The molecule has 0 unspecified atom stereocenters. The van der Waals surface area contributed by atoms with Crippen LogP contribution in [0.3, 0.4) is 0 Å². The molecule has 9 heteroatoms. The van der Waals surface area contributed by atoms with Gasteiger partial charge in [0.05, 0.1) is 11.5 Å². The number of aryl methyl sites for hydroxylation is 2. The Balaban J connectivity index is 1.66. The summed E-state index contributed by atoms with van der Waals surface area (Å²) in [5.41, 5.74) is 2.88. The number of carbonyl (C=O) groups is 1. The Morgan fingerprint density at radius 1 is 1.19 bits per heavy atom. The quantitative estimate of drug-likeness (QED) is 0.531. The van der Waals surface area contributed by atoms with E-state index in [1.165, 1.54) is 10.2 Å². The fourth-order valence-corrected chi connectivity index (χ4v) is 2.90. The molecule has 1 aromatic carbocycles. The maximum absolute atomic E-state index is 12.3. The third-order valence-corrected chi connectivity index (χ3v) is 4.32. The van der Waals surface area contributed by atoms with Crippen molar-refractivity contribution in [2.24, 2.45) is 0 Å². The number of anilines is 1. The number of amides is 1. The van der Waals surface area contributed by atoms with Crippen LogP contribution in [0.2, 0.25) is 0 Å². The van der Waals surface area contributed by atoms with Crippen LogP contribution in [0.4, 0.5) is 11.5 Å². The summed E-state index contributed by atoms with van der Waals surface area (Å²) in [4.78, 5) is 22.8. The largest absolute Gasteiger partial charge is 0.312 e. The van der Waals surface area contributed by atoms with E-state index in [0.717, 1.165) is 5.56 Å². The van der Waals surface area contributed by atoms with Gasteiger partial charge in [0.15, 0.2) is 5.82 Å². The number of nitro groups is 1. The molecule has 0 saturated carbocycles. The number of benzene rings is 1. The van der Waals surface area contributed by atoms with Gasteiger partial charge in [-0.3, -0.25) is 24.3 Å². The number of hydrogen-bond acceptors (Lipinski definition) is 5. The Bertz CT molecular complexity index is 1000. The first-order valence-electron chi connectivity index (χ1n) is 8.41. The Hall–Kier alpha value is -3.49. The van der Waals surface area contributed by atoms with Crippen LogP contribution in [-0.4, -0.2) is 30.4 Å². The van der Waals surface area contributed by atoms with E-state index in [9.17, 15) is 14.9 Å². The third-order valence-electron chi connectivity index (χ3n) is 4.32. The Kier molecular flexibility index (Phi) is 5.02. The summed E-state index contributed by atoms with van der Waals surface area (Å²) < 4.78 is 3.07. The summed E-state index contributed by atoms with van der Waals surface area (Å²) >= 11 is 0. The van der Waals surface area contributed by atoms with E-state index in [-0.39, 0.29) is 23.8 Å². The lowest BCUT2D eigenvalue weighted by Gasteiger charge is -2.06. The van der Waals surface area contributed by atoms with Gasteiger partial charge in [0.25, 0.3) is 0 Å². The van der Waals surface area contributed by atoms with E-state index in [2.05, 4.69) is 15.5 Å². The lowest BCUT2D eigenvalue weighted by molar-refractivity contribution is -0.386. The van der Waals surface area contributed by atoms with Gasteiger partial charge >= 0.3 is 5.69 Å². The van der Waals surface area contributed by atoms with Crippen LogP contribution < -0.4 is 5.32 Å². The van der Waals surface area contributed by atoms with Crippen molar-refractivity contribution in [1.29, 1.82) is 0 Å². The normalized spacial score (nSPS) is 10.8. The van der Waals surface area contributed by atoms with Crippen molar-refractivity contribution >= 4 is 17.4 Å². The highest BCUT2D eigenvalue weighted by atomic mass is 16.6. The van der Waals surface area contributed by atoms with E-state index < -0.39 is 4.92 Å². The van der Waals surface area contributed by atoms with Gasteiger partial charge in [0, 0.05) is 12.3 Å². The van der Waals surface area contributed by atoms with Gasteiger partial charge in [-0.05, 0) is 31.9 Å². The average molecular weight is 368 g/mol. The first kappa shape index (κ1) is 18.3. The van der Waals surface area contributed by atoms with Crippen LogP contribution in [-0.2, 0) is 17.9 Å². The molecule has 0 aliphatic heterocycles. The number of hydrogen-bond donors (Lipinski definition) is 1. The molecule has 0 aliphatic carbocycles. The molecule has 9 nitrogen and oxygen atoms in total. The summed E-state index contributed by atoms with van der Waals surface area (Å²) in [6, 6.07) is 9.74. The fourth-order valence-electron chi connectivity index (χ4n) is 2.90. The summed E-state index contributed by atoms with van der Waals surface area (Å²) in [7, 11) is 0. The molecule has 0 fully saturated rings. The molecule has 0 bridgehead atoms. The van der Waals surface area contributed by atoms with E-state index in [1.807, 2.05) is 31.2 Å². The van der Waals surface area contributed by atoms with Gasteiger partial charge in [0.1, 0.15) is 17.9 Å². The predicted molar refractivity (Wildman–Crippen MR) is 99.5 cm³/mol. The molecule has 3 rings (SSSR count). The second-order valence-corrected chi connectivity index (χ2v) is 6.31. The second kappa shape index (κ2) is 7.40. The molecular weight excluding hydrogens is 348 g/mol. The van der Waals surface area contributed by atoms with Crippen molar-refractivity contribution in [2.75, 3.05) is 5.32 Å². The first-order valence-corrected chi connectivity index (χ1v) is 8.41. The van der Waals surface area contributed by atoms with Crippen LogP contribution in [0.5, 0.6) is 0 Å². The molecule has 0 spiro atoms. The topological polar surface area (TPSA) is 108 Å². The summed E-state index contributed by atoms with van der Waals surface area (Å²) in [5, 5.41) is 22.2. The van der Waals surface area contributed by atoms with Crippen molar-refractivity contribution in [3.05, 3.63) is 69.2 Å². The number of nitrogens with zero attached hydrogens (tertiary/aromatic N) is 5. The number of carbonyl (C=O) groups excluding carboxylic acids is 1. The summed E-state index contributed by atoms with van der Waals surface area (Å²) in [6.45, 7) is 5.64. The van der Waals surface area contributed by atoms with Crippen molar-refractivity contribution in [2.45, 2.75) is 33.9 Å². The van der Waals surface area contributed by atoms with Gasteiger partial charge in [-0.1, -0.05) is 24.3 Å². The minimum atomic E-state index is -0.487. The zero-order valence-corrected chi connectivity index (χ0v) is 15.3. The van der Waals surface area contributed by atoms with Gasteiger partial charge < -0.3 is 5.32 Å². The molecule has 2 heterocycles. The smallest absolute Gasteiger partial charge is 0.308 e. The van der Waals surface area contributed by atoms with E-state index in [4.69, 9.17) is 0 Å². The molecule has 27 heavy (non-hydrogen) atoms. The van der Waals surface area contributed by atoms with Crippen LogP contribution in [0.1, 0.15) is 22.5 Å². The molecule has 1 N–H and O–H groups in total. The molecule has 1 amide bonds. The molecule has 0 saturated heterocycles. The van der Waals surface area contributed by atoms with Crippen LogP contribution in [0, 0.1) is 30.9 Å². The molecule has 0 radical (unpaired) electrons. The molecular formula is C18H20N6O3. The third kappa shape index (κ3) is 4.02. The molecule has 3 aromatic rings. The van der Waals surface area contributed by atoms with Gasteiger partial charge in [-0.2, -0.15) is 10.2 Å². The number of nitrogens with one attached hydrogen (secondary N) is 1. The molecule has 0 aliphatic rings. The van der Waals surface area contributed by atoms with E-state index in [1.54, 1.807) is 30.8 Å². The van der Waals surface area contributed by atoms with Crippen molar-refractivity contribution in [1.82, 2.24) is 19.6 Å². The lowest BCUT2D eigenvalue weighted by atomic mass is 10.1. The van der Waals surface area contributed by atoms with Crippen molar-refractivity contribution in [3.63, 3.8) is 0 Å². The monoisotopic (exact) mass is 368 g/mol. The van der Waals surface area contributed by atoms with Crippen LogP contribution in [0.15, 0.2) is 36.5 Å². The average Bonchev–Trinajstić information content (AvgIpc) is 3.13. The van der Waals surface area contributed by atoms with Crippen LogP contribution >= 0.6 is 0 Å². The second-order valence-electron chi connectivity index (χ2n) is 6.31. The maximum Gasteiger partial charge on any atom is 0.312 e. The van der Waals surface area contributed by atoms with Gasteiger partial charge in [-0.15, -0.1) is 0 Å². The highest BCUT2D eigenvalue weighted by Gasteiger charge is 2.22. The molecule has 140 valence electrons. The predicted octanol–water partition coefficient (Wildman–Crippen LogP) is 2.60. The SMILES string of the molecule is Cc1ccccc1Cn1ccc(NC(=O)Cn2nc(C)c([N+](=O)[O-])c2C)n1. The Labute approximate surface area is 155 Å². The highest BCUT2D eigenvalue weighted by molar-refractivity contribution is 5.89. The number of rotatable bonds is 6. The van der Waals surface area contributed by atoms with E-state index in [0.29, 0.717) is 18.1 Å². The zero-order chi connectivity index (χ0) is 19.6. The molecule has 2 aromatic heterocycles. The highest BCUT2D eigenvalue weighted by Crippen LogP contribution is 2.21. The number of aromatic nitrogens is 4. The first-order chi connectivity index (χ1) is 12.8. The summed E-state index contributed by atoms with van der Waals surface area (Å²) in [6.07, 6.45) is 1.79. The minimum absolute atomic E-state index is 0.0645. The summed E-state index contributed by atoms with van der Waals surface area (Å²) in [5.74, 6) is 0.0706.